The Morgan fingerprint density at radius 2 is 2.16 bits per heavy atom. The van der Waals surface area contributed by atoms with Crippen LogP contribution in [0.1, 0.15) is 22.6 Å². The molecule has 3 rings (SSSR count). The smallest absolute Gasteiger partial charge is 0.224 e. The number of thiazole rings is 1. The van der Waals surface area contributed by atoms with Gasteiger partial charge in [0.15, 0.2) is 0 Å². The van der Waals surface area contributed by atoms with Gasteiger partial charge in [-0.1, -0.05) is 17.7 Å². The summed E-state index contributed by atoms with van der Waals surface area (Å²) < 4.78 is 0. The molecule has 0 bridgehead atoms. The molecule has 1 N–H and O–H groups in total. The maximum atomic E-state index is 12.2. The molecule has 1 aromatic carbocycles. The number of hydrogen-bond acceptors (Lipinski definition) is 4. The summed E-state index contributed by atoms with van der Waals surface area (Å²) >= 11 is 7.79. The van der Waals surface area contributed by atoms with E-state index in [-0.39, 0.29) is 5.91 Å². The topological polar surface area (TPSA) is 54.9 Å². The van der Waals surface area contributed by atoms with Gasteiger partial charge >= 0.3 is 0 Å². The van der Waals surface area contributed by atoms with Gasteiger partial charge in [-0.3, -0.25) is 9.78 Å². The summed E-state index contributed by atoms with van der Waals surface area (Å²) in [5.41, 5.74) is 4.60. The fourth-order valence-electron chi connectivity index (χ4n) is 2.57. The predicted octanol–water partition coefficient (Wildman–Crippen LogP) is 5.05. The zero-order valence-corrected chi connectivity index (χ0v) is 15.6. The molecule has 4 nitrogen and oxygen atoms in total. The van der Waals surface area contributed by atoms with E-state index >= 15 is 0 Å². The van der Waals surface area contributed by atoms with Crippen LogP contribution in [0.3, 0.4) is 0 Å². The minimum Gasteiger partial charge on any atom is -0.325 e. The third-order valence-corrected chi connectivity index (χ3v) is 4.98. The Bertz CT molecular complexity index is 870. The number of amides is 1. The lowest BCUT2D eigenvalue weighted by atomic mass is 10.1. The first-order valence-electron chi connectivity index (χ1n) is 7.94. The van der Waals surface area contributed by atoms with Crippen molar-refractivity contribution >= 4 is 34.5 Å². The first-order valence-corrected chi connectivity index (χ1v) is 9.20. The van der Waals surface area contributed by atoms with Crippen LogP contribution in [-0.2, 0) is 11.2 Å². The van der Waals surface area contributed by atoms with Gasteiger partial charge in [-0.2, -0.15) is 0 Å². The van der Waals surface area contributed by atoms with Crippen molar-refractivity contribution in [2.45, 2.75) is 26.7 Å². The average Bonchev–Trinajstić information content (AvgIpc) is 3.06. The average molecular weight is 372 g/mol. The van der Waals surface area contributed by atoms with Gasteiger partial charge in [-0.05, 0) is 43.2 Å². The largest absolute Gasteiger partial charge is 0.325 e. The highest BCUT2D eigenvalue weighted by Crippen LogP contribution is 2.27. The van der Waals surface area contributed by atoms with Crippen molar-refractivity contribution in [3.05, 3.63) is 63.2 Å². The van der Waals surface area contributed by atoms with Crippen LogP contribution in [-0.4, -0.2) is 15.9 Å². The number of nitrogens with one attached hydrogen (secondary N) is 1. The Morgan fingerprint density at radius 1 is 1.32 bits per heavy atom. The lowest BCUT2D eigenvalue weighted by molar-refractivity contribution is -0.116. The number of carbonyl (C=O) groups is 1. The number of rotatable bonds is 5. The summed E-state index contributed by atoms with van der Waals surface area (Å²) in [5.74, 6) is -0.0630. The van der Waals surface area contributed by atoms with Crippen LogP contribution in [0.5, 0.6) is 0 Å². The summed E-state index contributed by atoms with van der Waals surface area (Å²) in [6.07, 6.45) is 4.48. The highest BCUT2D eigenvalue weighted by Gasteiger charge is 2.11. The molecule has 0 aliphatic heterocycles. The van der Waals surface area contributed by atoms with E-state index in [1.165, 1.54) is 0 Å². The molecule has 0 aliphatic rings. The van der Waals surface area contributed by atoms with Crippen molar-refractivity contribution in [1.29, 1.82) is 0 Å². The summed E-state index contributed by atoms with van der Waals surface area (Å²) in [4.78, 5) is 20.9. The minimum atomic E-state index is -0.0630. The third kappa shape index (κ3) is 4.44. The summed E-state index contributed by atoms with van der Waals surface area (Å²) in [5, 5.41) is 6.40. The maximum Gasteiger partial charge on any atom is 0.224 e. The molecular weight excluding hydrogens is 354 g/mol. The lowest BCUT2D eigenvalue weighted by Gasteiger charge is -2.11. The Labute approximate surface area is 155 Å². The van der Waals surface area contributed by atoms with Crippen molar-refractivity contribution in [3.63, 3.8) is 0 Å². The monoisotopic (exact) mass is 371 g/mol. The Balaban J connectivity index is 1.61. The molecule has 3 aromatic rings. The van der Waals surface area contributed by atoms with Gasteiger partial charge in [0.2, 0.25) is 5.91 Å². The van der Waals surface area contributed by atoms with E-state index in [1.54, 1.807) is 23.7 Å². The number of aryl methyl sites for hydroxylation is 3. The first kappa shape index (κ1) is 17.6. The van der Waals surface area contributed by atoms with Crippen molar-refractivity contribution < 1.29 is 4.79 Å². The van der Waals surface area contributed by atoms with E-state index < -0.39 is 0 Å². The zero-order valence-electron chi connectivity index (χ0n) is 14.0. The molecule has 0 saturated carbocycles. The first-order chi connectivity index (χ1) is 12.0. The van der Waals surface area contributed by atoms with Gasteiger partial charge in [0.05, 0.1) is 21.4 Å². The second-order valence-electron chi connectivity index (χ2n) is 5.86. The number of carbonyl (C=O) groups excluding carboxylic acids is 1. The molecule has 0 spiro atoms. The van der Waals surface area contributed by atoms with Crippen LogP contribution in [0.25, 0.3) is 11.3 Å². The van der Waals surface area contributed by atoms with Gasteiger partial charge in [0.1, 0.15) is 0 Å². The highest BCUT2D eigenvalue weighted by molar-refractivity contribution is 7.09. The number of hydrogen-bond donors (Lipinski definition) is 1. The molecule has 0 radical (unpaired) electrons. The minimum absolute atomic E-state index is 0.0630. The molecule has 0 saturated heterocycles. The number of aromatic nitrogens is 2. The van der Waals surface area contributed by atoms with E-state index in [1.807, 2.05) is 43.5 Å². The van der Waals surface area contributed by atoms with Gasteiger partial charge in [0, 0.05) is 36.2 Å². The van der Waals surface area contributed by atoms with E-state index in [4.69, 9.17) is 11.6 Å². The van der Waals surface area contributed by atoms with Crippen molar-refractivity contribution in [2.75, 3.05) is 5.32 Å². The number of benzene rings is 1. The van der Waals surface area contributed by atoms with Crippen LogP contribution >= 0.6 is 22.9 Å². The van der Waals surface area contributed by atoms with E-state index in [9.17, 15) is 4.79 Å². The normalized spacial score (nSPS) is 10.7. The molecule has 0 atom stereocenters. The van der Waals surface area contributed by atoms with Crippen molar-refractivity contribution in [3.8, 4) is 11.3 Å². The summed E-state index contributed by atoms with van der Waals surface area (Å²) in [7, 11) is 0. The summed E-state index contributed by atoms with van der Waals surface area (Å²) in [6, 6.07) is 7.71. The fraction of sp³-hybridized carbons (Fsp3) is 0.211. The van der Waals surface area contributed by atoms with Crippen LogP contribution < -0.4 is 5.32 Å². The quantitative estimate of drug-likeness (QED) is 0.683. The molecular formula is C19H18ClN3OS. The Morgan fingerprint density at radius 3 is 2.88 bits per heavy atom. The molecule has 128 valence electrons. The second kappa shape index (κ2) is 7.76. The predicted molar refractivity (Wildman–Crippen MR) is 103 cm³/mol. The van der Waals surface area contributed by atoms with Crippen LogP contribution in [0, 0.1) is 13.8 Å². The molecule has 1 amide bonds. The molecule has 0 fully saturated rings. The van der Waals surface area contributed by atoms with Crippen molar-refractivity contribution in [1.82, 2.24) is 9.97 Å². The van der Waals surface area contributed by atoms with Crippen LogP contribution in [0.2, 0.25) is 5.02 Å². The molecule has 0 aliphatic carbocycles. The van der Waals surface area contributed by atoms with Gasteiger partial charge < -0.3 is 5.32 Å². The lowest BCUT2D eigenvalue weighted by Crippen LogP contribution is -2.13. The molecule has 6 heteroatoms. The molecule has 25 heavy (non-hydrogen) atoms. The van der Waals surface area contributed by atoms with Gasteiger partial charge in [-0.25, -0.2) is 4.98 Å². The number of pyridine rings is 1. The molecule has 2 heterocycles. The SMILES string of the molecule is Cc1cc(C)c(NC(=O)CCc2nc(-c3cccnc3)cs2)c(Cl)c1. The van der Waals surface area contributed by atoms with Crippen LogP contribution in [0.4, 0.5) is 5.69 Å². The molecule has 2 aromatic heterocycles. The van der Waals surface area contributed by atoms with Crippen LogP contribution in [0.15, 0.2) is 42.0 Å². The van der Waals surface area contributed by atoms with Crippen molar-refractivity contribution in [2.24, 2.45) is 0 Å². The van der Waals surface area contributed by atoms with E-state index in [2.05, 4.69) is 15.3 Å². The second-order valence-corrected chi connectivity index (χ2v) is 7.20. The number of nitrogens with zero attached hydrogens (tertiary/aromatic N) is 2. The maximum absolute atomic E-state index is 12.2. The van der Waals surface area contributed by atoms with E-state index in [0.717, 1.165) is 27.4 Å². The molecule has 0 unspecified atom stereocenters. The number of anilines is 1. The standard InChI is InChI=1S/C19H18ClN3OS/c1-12-8-13(2)19(15(20)9-12)23-17(24)5-6-18-22-16(11-25-18)14-4-3-7-21-10-14/h3-4,7-11H,5-6H2,1-2H3,(H,23,24). The zero-order chi connectivity index (χ0) is 17.8. The van der Waals surface area contributed by atoms with E-state index in [0.29, 0.717) is 23.6 Å². The fourth-order valence-corrected chi connectivity index (χ4v) is 3.74. The highest BCUT2D eigenvalue weighted by atomic mass is 35.5. The van der Waals surface area contributed by atoms with Gasteiger partial charge in [-0.15, -0.1) is 11.3 Å². The summed E-state index contributed by atoms with van der Waals surface area (Å²) in [6.45, 7) is 3.92. The van der Waals surface area contributed by atoms with Gasteiger partial charge in [0.25, 0.3) is 0 Å². The Kier molecular flexibility index (Phi) is 5.46. The Hall–Kier alpha value is -2.24. The third-order valence-electron chi connectivity index (χ3n) is 3.77. The number of halogens is 1.